The minimum atomic E-state index is 0.633. The molecular formula is C16H19N3O2. The molecule has 0 saturated carbocycles. The molecule has 0 N–H and O–H groups in total. The third kappa shape index (κ3) is 2.27. The van der Waals surface area contributed by atoms with E-state index in [4.69, 9.17) is 9.47 Å². The number of ether oxygens (including phenoxy) is 2. The Morgan fingerprint density at radius 1 is 1.24 bits per heavy atom. The number of hydrogen-bond donors (Lipinski definition) is 0. The first-order chi connectivity index (χ1) is 10.3. The zero-order valence-electron chi connectivity index (χ0n) is 12.2. The van der Waals surface area contributed by atoms with Crippen molar-refractivity contribution in [1.82, 2.24) is 14.5 Å². The predicted octanol–water partition coefficient (Wildman–Crippen LogP) is 1.75. The molecule has 2 aliphatic rings. The fourth-order valence-corrected chi connectivity index (χ4v) is 3.15. The highest BCUT2D eigenvalue weighted by molar-refractivity contribution is 5.47. The van der Waals surface area contributed by atoms with Gasteiger partial charge >= 0.3 is 0 Å². The van der Waals surface area contributed by atoms with Gasteiger partial charge in [-0.1, -0.05) is 12.1 Å². The highest BCUT2D eigenvalue weighted by atomic mass is 16.6. The van der Waals surface area contributed by atoms with Crippen LogP contribution in [0.1, 0.15) is 17.0 Å². The van der Waals surface area contributed by atoms with Gasteiger partial charge in [0, 0.05) is 44.4 Å². The van der Waals surface area contributed by atoms with Crippen molar-refractivity contribution in [3.63, 3.8) is 0 Å². The number of aromatic nitrogens is 2. The number of nitrogens with zero attached hydrogens (tertiary/aromatic N) is 3. The fraction of sp³-hybridized carbons (Fsp3) is 0.438. The first-order valence-electron chi connectivity index (χ1n) is 7.40. The van der Waals surface area contributed by atoms with Gasteiger partial charge in [-0.05, 0) is 6.07 Å². The van der Waals surface area contributed by atoms with E-state index >= 15 is 0 Å². The molecule has 5 heteroatoms. The van der Waals surface area contributed by atoms with Crippen molar-refractivity contribution >= 4 is 0 Å². The topological polar surface area (TPSA) is 39.5 Å². The van der Waals surface area contributed by atoms with E-state index in [1.807, 2.05) is 18.5 Å². The largest absolute Gasteiger partial charge is 0.486 e. The fourth-order valence-electron chi connectivity index (χ4n) is 3.15. The maximum atomic E-state index is 5.80. The molecule has 0 atom stereocenters. The van der Waals surface area contributed by atoms with Crippen molar-refractivity contribution < 1.29 is 9.47 Å². The summed E-state index contributed by atoms with van der Waals surface area (Å²) in [5.41, 5.74) is 3.76. The second-order valence-corrected chi connectivity index (χ2v) is 5.65. The van der Waals surface area contributed by atoms with Crippen molar-refractivity contribution in [2.45, 2.75) is 19.5 Å². The van der Waals surface area contributed by atoms with Crippen LogP contribution in [0.5, 0.6) is 11.5 Å². The Morgan fingerprint density at radius 3 is 3.10 bits per heavy atom. The number of imidazole rings is 1. The third-order valence-corrected chi connectivity index (χ3v) is 4.23. The zero-order chi connectivity index (χ0) is 14.2. The minimum absolute atomic E-state index is 0.633. The van der Waals surface area contributed by atoms with Crippen LogP contribution in [-0.2, 0) is 26.6 Å². The van der Waals surface area contributed by atoms with E-state index in [-0.39, 0.29) is 0 Å². The van der Waals surface area contributed by atoms with Crippen molar-refractivity contribution in [3.05, 3.63) is 41.5 Å². The number of benzene rings is 1. The molecule has 1 aromatic carbocycles. The Morgan fingerprint density at radius 2 is 2.14 bits per heavy atom. The van der Waals surface area contributed by atoms with Gasteiger partial charge in [-0.15, -0.1) is 0 Å². The first kappa shape index (κ1) is 12.7. The highest BCUT2D eigenvalue weighted by Gasteiger charge is 2.22. The lowest BCUT2D eigenvalue weighted by Gasteiger charge is -2.28. The highest BCUT2D eigenvalue weighted by Crippen LogP contribution is 2.34. The quantitative estimate of drug-likeness (QED) is 0.843. The Kier molecular flexibility index (Phi) is 3.07. The summed E-state index contributed by atoms with van der Waals surface area (Å²) in [6, 6.07) is 6.14. The number of hydrogen-bond acceptors (Lipinski definition) is 4. The summed E-state index contributed by atoms with van der Waals surface area (Å²) in [6.07, 6.45) is 2.97. The van der Waals surface area contributed by atoms with Crippen LogP contribution < -0.4 is 9.47 Å². The minimum Gasteiger partial charge on any atom is -0.486 e. The van der Waals surface area contributed by atoms with Crippen LogP contribution in [0.2, 0.25) is 0 Å². The van der Waals surface area contributed by atoms with Crippen molar-refractivity contribution in [2.75, 3.05) is 19.8 Å². The lowest BCUT2D eigenvalue weighted by molar-refractivity contribution is 0.165. The zero-order valence-corrected chi connectivity index (χ0v) is 12.2. The summed E-state index contributed by atoms with van der Waals surface area (Å²) in [4.78, 5) is 6.92. The van der Waals surface area contributed by atoms with Crippen LogP contribution >= 0.6 is 0 Å². The van der Waals surface area contributed by atoms with Gasteiger partial charge in [-0.3, -0.25) is 4.90 Å². The average Bonchev–Trinajstić information content (AvgIpc) is 2.89. The normalized spacial score (nSPS) is 17.6. The number of fused-ring (bicyclic) bond motifs is 2. The van der Waals surface area contributed by atoms with Crippen LogP contribution in [0.4, 0.5) is 0 Å². The second kappa shape index (κ2) is 5.07. The Labute approximate surface area is 124 Å². The van der Waals surface area contributed by atoms with E-state index in [0.29, 0.717) is 13.2 Å². The monoisotopic (exact) mass is 285 g/mol. The van der Waals surface area contributed by atoms with Crippen LogP contribution in [0.25, 0.3) is 0 Å². The van der Waals surface area contributed by atoms with Gasteiger partial charge in [0.25, 0.3) is 0 Å². The van der Waals surface area contributed by atoms with Gasteiger partial charge in [-0.25, -0.2) is 4.98 Å². The smallest absolute Gasteiger partial charge is 0.165 e. The van der Waals surface area contributed by atoms with Crippen LogP contribution in [0, 0.1) is 0 Å². The second-order valence-electron chi connectivity index (χ2n) is 5.65. The lowest BCUT2D eigenvalue weighted by atomic mass is 10.1. The molecule has 2 aromatic rings. The van der Waals surface area contributed by atoms with Gasteiger partial charge in [0.15, 0.2) is 11.5 Å². The van der Waals surface area contributed by atoms with Gasteiger partial charge in [-0.2, -0.15) is 0 Å². The van der Waals surface area contributed by atoms with Crippen molar-refractivity contribution in [2.24, 2.45) is 7.05 Å². The molecule has 21 heavy (non-hydrogen) atoms. The van der Waals surface area contributed by atoms with Gasteiger partial charge in [0.2, 0.25) is 0 Å². The Balaban J connectivity index is 1.55. The summed E-state index contributed by atoms with van der Waals surface area (Å²) in [6.45, 7) is 4.10. The molecule has 0 aliphatic carbocycles. The average molecular weight is 285 g/mol. The lowest BCUT2D eigenvalue weighted by Crippen LogP contribution is -2.31. The molecule has 0 spiro atoms. The Bertz CT molecular complexity index is 666. The summed E-state index contributed by atoms with van der Waals surface area (Å²) >= 11 is 0. The van der Waals surface area contributed by atoms with E-state index < -0.39 is 0 Å². The van der Waals surface area contributed by atoms with Crippen LogP contribution in [0.15, 0.2) is 24.5 Å². The molecule has 3 heterocycles. The van der Waals surface area contributed by atoms with E-state index in [2.05, 4.69) is 27.6 Å². The standard InChI is InChI=1S/C16H19N3O2/c1-18-11-17-13-10-19(6-5-14(13)18)9-12-3-2-4-15-16(12)21-8-7-20-15/h2-4,11H,5-10H2,1H3. The summed E-state index contributed by atoms with van der Waals surface area (Å²) in [5, 5.41) is 0. The van der Waals surface area contributed by atoms with Crippen LogP contribution in [-0.4, -0.2) is 34.2 Å². The third-order valence-electron chi connectivity index (χ3n) is 4.23. The van der Waals surface area contributed by atoms with E-state index in [1.54, 1.807) is 0 Å². The number of para-hydroxylation sites is 1. The molecule has 4 rings (SSSR count). The molecule has 1 aromatic heterocycles. The molecule has 0 saturated heterocycles. The van der Waals surface area contributed by atoms with E-state index in [0.717, 1.165) is 37.6 Å². The maximum absolute atomic E-state index is 5.80. The van der Waals surface area contributed by atoms with Crippen molar-refractivity contribution in [3.8, 4) is 11.5 Å². The molecule has 0 unspecified atom stereocenters. The molecule has 0 bridgehead atoms. The van der Waals surface area contributed by atoms with Gasteiger partial charge in [0.05, 0.1) is 12.0 Å². The molecular weight excluding hydrogens is 266 g/mol. The molecule has 0 radical (unpaired) electrons. The van der Waals surface area contributed by atoms with Gasteiger partial charge < -0.3 is 14.0 Å². The summed E-state index contributed by atoms with van der Waals surface area (Å²) in [7, 11) is 2.07. The van der Waals surface area contributed by atoms with Crippen molar-refractivity contribution in [1.29, 1.82) is 0 Å². The SMILES string of the molecule is Cn1cnc2c1CCN(Cc1cccc3c1OCCO3)C2. The molecule has 0 fully saturated rings. The molecule has 2 aliphatic heterocycles. The maximum Gasteiger partial charge on any atom is 0.165 e. The summed E-state index contributed by atoms with van der Waals surface area (Å²) < 4.78 is 13.6. The predicted molar refractivity (Wildman–Crippen MR) is 78.5 cm³/mol. The number of rotatable bonds is 2. The molecule has 0 amide bonds. The first-order valence-corrected chi connectivity index (χ1v) is 7.40. The molecule has 110 valence electrons. The molecule has 5 nitrogen and oxygen atoms in total. The Hall–Kier alpha value is -2.01. The number of aryl methyl sites for hydroxylation is 1. The van der Waals surface area contributed by atoms with E-state index in [9.17, 15) is 0 Å². The van der Waals surface area contributed by atoms with Gasteiger partial charge in [0.1, 0.15) is 13.2 Å². The van der Waals surface area contributed by atoms with E-state index in [1.165, 1.54) is 17.0 Å². The van der Waals surface area contributed by atoms with Crippen LogP contribution in [0.3, 0.4) is 0 Å². The summed E-state index contributed by atoms with van der Waals surface area (Å²) in [5.74, 6) is 1.78.